The molecule has 1 aliphatic rings. The molecule has 0 N–H and O–H groups in total. The summed E-state index contributed by atoms with van der Waals surface area (Å²) in [5.41, 5.74) is 0.714. The summed E-state index contributed by atoms with van der Waals surface area (Å²) in [4.78, 5) is 17.8. The number of allylic oxidation sites excluding steroid dienone is 2. The number of aryl methyl sites for hydroxylation is 1. The molecule has 21 heavy (non-hydrogen) atoms. The number of rotatable bonds is 5. The molecule has 0 bridgehead atoms. The van der Waals surface area contributed by atoms with Crippen LogP contribution in [0.1, 0.15) is 46.2 Å². The minimum atomic E-state index is -0.897. The average molecular weight is 327 g/mol. The van der Waals surface area contributed by atoms with Gasteiger partial charge in [-0.25, -0.2) is 4.79 Å². The molecule has 2 heterocycles. The van der Waals surface area contributed by atoms with Gasteiger partial charge >= 0.3 is 5.97 Å². The van der Waals surface area contributed by atoms with Gasteiger partial charge in [0.1, 0.15) is 5.60 Å². The molecule has 2 rings (SSSR count). The Morgan fingerprint density at radius 1 is 1.52 bits per heavy atom. The lowest BCUT2D eigenvalue weighted by atomic mass is 9.91. The molecule has 2 atom stereocenters. The molecule has 4 nitrogen and oxygen atoms in total. The number of aromatic nitrogens is 1. The Kier molecular flexibility index (Phi) is 4.42. The van der Waals surface area contributed by atoms with Crippen molar-refractivity contribution < 1.29 is 14.4 Å². The van der Waals surface area contributed by atoms with Gasteiger partial charge in [-0.2, -0.15) is 4.73 Å². The first-order chi connectivity index (χ1) is 9.69. The Morgan fingerprint density at radius 2 is 2.19 bits per heavy atom. The quantitative estimate of drug-likeness (QED) is 0.468. The van der Waals surface area contributed by atoms with Gasteiger partial charge in [0.15, 0.2) is 9.56 Å². The standard InChI is InChI=1S/C15H21NO3S2/c1-10(2)7-6-8-14(4)15(5,19-14)12(17)18-16-11(3)9-21-13(16)20/h7,9H,6,8H2,1-5H3. The van der Waals surface area contributed by atoms with Crippen molar-refractivity contribution in [2.24, 2.45) is 0 Å². The SMILES string of the molecule is CC(C)=CCCC1(C)OC1(C)C(=O)On1c(C)csc1=S. The van der Waals surface area contributed by atoms with Crippen molar-refractivity contribution >= 4 is 29.5 Å². The van der Waals surface area contributed by atoms with Gasteiger partial charge < -0.3 is 9.57 Å². The first-order valence-corrected chi connectivity index (χ1v) is 8.22. The molecule has 2 unspecified atom stereocenters. The Hall–Kier alpha value is -0.980. The van der Waals surface area contributed by atoms with Gasteiger partial charge in [0.05, 0.1) is 5.69 Å². The van der Waals surface area contributed by atoms with E-state index in [1.807, 2.05) is 19.2 Å². The molecule has 1 aromatic rings. The zero-order chi connectivity index (χ0) is 15.8. The maximum atomic E-state index is 12.4. The molecule has 0 spiro atoms. The fraction of sp³-hybridized carbons (Fsp3) is 0.600. The highest BCUT2D eigenvalue weighted by Gasteiger charge is 2.69. The van der Waals surface area contributed by atoms with E-state index in [2.05, 4.69) is 19.9 Å². The first kappa shape index (κ1) is 16.4. The number of nitrogens with zero attached hydrogens (tertiary/aromatic N) is 1. The lowest BCUT2D eigenvalue weighted by molar-refractivity contribution is -0.150. The van der Waals surface area contributed by atoms with Crippen molar-refractivity contribution in [1.29, 1.82) is 0 Å². The molecule has 0 radical (unpaired) electrons. The number of hydrogen-bond acceptors (Lipinski definition) is 5. The van der Waals surface area contributed by atoms with Gasteiger partial charge in [-0.3, -0.25) is 0 Å². The second-order valence-corrected chi connectivity index (χ2v) is 7.51. The number of carbonyl (C=O) groups excluding carboxylic acids is 1. The second kappa shape index (κ2) is 5.66. The van der Waals surface area contributed by atoms with Crippen LogP contribution >= 0.6 is 23.6 Å². The third-order valence-electron chi connectivity index (χ3n) is 3.95. The minimum absolute atomic E-state index is 0.389. The van der Waals surface area contributed by atoms with E-state index >= 15 is 0 Å². The fourth-order valence-electron chi connectivity index (χ4n) is 2.26. The highest BCUT2D eigenvalue weighted by Crippen LogP contribution is 2.51. The second-order valence-electron chi connectivity index (χ2n) is 6.00. The molecule has 0 aliphatic carbocycles. The molecule has 0 amide bonds. The summed E-state index contributed by atoms with van der Waals surface area (Å²) in [5, 5.41) is 1.86. The van der Waals surface area contributed by atoms with Crippen LogP contribution in [0.2, 0.25) is 0 Å². The molecular formula is C15H21NO3S2. The van der Waals surface area contributed by atoms with E-state index in [-0.39, 0.29) is 5.97 Å². The summed E-state index contributed by atoms with van der Waals surface area (Å²) < 4.78 is 7.64. The number of thiazole rings is 1. The Labute approximate surface area is 134 Å². The van der Waals surface area contributed by atoms with Crippen LogP contribution in [-0.4, -0.2) is 21.9 Å². The van der Waals surface area contributed by atoms with Crippen molar-refractivity contribution in [2.45, 2.75) is 58.7 Å². The highest BCUT2D eigenvalue weighted by molar-refractivity contribution is 7.73. The van der Waals surface area contributed by atoms with Gasteiger partial charge in [-0.15, -0.1) is 11.3 Å². The normalized spacial score (nSPS) is 27.3. The lowest BCUT2D eigenvalue weighted by Crippen LogP contribution is -2.37. The van der Waals surface area contributed by atoms with Crippen LogP contribution in [0.3, 0.4) is 0 Å². The lowest BCUT2D eigenvalue weighted by Gasteiger charge is -2.12. The Balaban J connectivity index is 2.04. The van der Waals surface area contributed by atoms with Crippen LogP contribution in [0.5, 0.6) is 0 Å². The van der Waals surface area contributed by atoms with Crippen molar-refractivity contribution in [2.75, 3.05) is 0 Å². The number of ether oxygens (including phenoxy) is 1. The number of epoxide rings is 1. The smallest absolute Gasteiger partial charge is 0.351 e. The summed E-state index contributed by atoms with van der Waals surface area (Å²) in [7, 11) is 0. The van der Waals surface area contributed by atoms with Crippen LogP contribution in [0.25, 0.3) is 0 Å². The van der Waals surface area contributed by atoms with Gasteiger partial charge in [0, 0.05) is 5.38 Å². The highest BCUT2D eigenvalue weighted by atomic mass is 32.1. The van der Waals surface area contributed by atoms with E-state index in [9.17, 15) is 4.79 Å². The molecule has 116 valence electrons. The van der Waals surface area contributed by atoms with Crippen molar-refractivity contribution in [1.82, 2.24) is 4.73 Å². The summed E-state index contributed by atoms with van der Waals surface area (Å²) in [5.74, 6) is -0.389. The van der Waals surface area contributed by atoms with Crippen molar-refractivity contribution in [3.05, 3.63) is 26.7 Å². The molecule has 1 saturated heterocycles. The maximum Gasteiger partial charge on any atom is 0.367 e. The van der Waals surface area contributed by atoms with Crippen molar-refractivity contribution in [3.63, 3.8) is 0 Å². The maximum absolute atomic E-state index is 12.4. The molecule has 1 aliphatic heterocycles. The van der Waals surface area contributed by atoms with Gasteiger partial charge in [-0.1, -0.05) is 11.6 Å². The number of hydrogen-bond donors (Lipinski definition) is 0. The van der Waals surface area contributed by atoms with Gasteiger partial charge in [0.25, 0.3) is 0 Å². The predicted molar refractivity (Wildman–Crippen MR) is 86.0 cm³/mol. The Morgan fingerprint density at radius 3 is 2.71 bits per heavy atom. The summed E-state index contributed by atoms with van der Waals surface area (Å²) in [6.45, 7) is 9.70. The molecule has 0 aromatic carbocycles. The zero-order valence-electron chi connectivity index (χ0n) is 13.1. The minimum Gasteiger partial charge on any atom is -0.351 e. The van der Waals surface area contributed by atoms with Gasteiger partial charge in [-0.05, 0) is 59.7 Å². The van der Waals surface area contributed by atoms with Crippen LogP contribution < -0.4 is 4.84 Å². The largest absolute Gasteiger partial charge is 0.367 e. The predicted octanol–water partition coefficient (Wildman–Crippen LogP) is 3.84. The molecule has 1 aromatic heterocycles. The van der Waals surface area contributed by atoms with E-state index < -0.39 is 11.2 Å². The average Bonchev–Trinajstić information content (AvgIpc) is 2.81. The summed E-state index contributed by atoms with van der Waals surface area (Å²) in [6, 6.07) is 0. The molecule has 1 fully saturated rings. The fourth-order valence-corrected chi connectivity index (χ4v) is 3.23. The van der Waals surface area contributed by atoms with Crippen LogP contribution in [0, 0.1) is 10.9 Å². The summed E-state index contributed by atoms with van der Waals surface area (Å²) >= 11 is 6.52. The van der Waals surface area contributed by atoms with Crippen LogP contribution in [-0.2, 0) is 9.53 Å². The zero-order valence-corrected chi connectivity index (χ0v) is 14.7. The summed E-state index contributed by atoms with van der Waals surface area (Å²) in [6.07, 6.45) is 3.83. The van der Waals surface area contributed by atoms with E-state index in [0.29, 0.717) is 3.95 Å². The monoisotopic (exact) mass is 327 g/mol. The van der Waals surface area contributed by atoms with Crippen LogP contribution in [0.15, 0.2) is 17.0 Å². The van der Waals surface area contributed by atoms with E-state index in [1.54, 1.807) is 6.92 Å². The number of carbonyl (C=O) groups is 1. The molecule has 6 heteroatoms. The Bertz CT molecular complexity index is 642. The molecule has 0 saturated carbocycles. The van der Waals surface area contributed by atoms with E-state index in [1.165, 1.54) is 21.6 Å². The van der Waals surface area contributed by atoms with Crippen LogP contribution in [0.4, 0.5) is 0 Å². The van der Waals surface area contributed by atoms with Gasteiger partial charge in [0.2, 0.25) is 0 Å². The van der Waals surface area contributed by atoms with E-state index in [0.717, 1.165) is 18.5 Å². The third kappa shape index (κ3) is 3.12. The third-order valence-corrected chi connectivity index (χ3v) is 5.23. The topological polar surface area (TPSA) is 43.8 Å². The van der Waals surface area contributed by atoms with Crippen molar-refractivity contribution in [3.8, 4) is 0 Å². The first-order valence-electron chi connectivity index (χ1n) is 6.93. The van der Waals surface area contributed by atoms with E-state index in [4.69, 9.17) is 21.8 Å². The molecular weight excluding hydrogens is 306 g/mol.